The Morgan fingerprint density at radius 1 is 1.06 bits per heavy atom. The Balaban J connectivity index is 1.91. The number of rotatable bonds is 1. The highest BCUT2D eigenvalue weighted by molar-refractivity contribution is 5.53. The Labute approximate surface area is 93.8 Å². The molecule has 0 bridgehead atoms. The molecule has 4 nitrogen and oxygen atoms in total. The molecule has 0 saturated carbocycles. The van der Waals surface area contributed by atoms with Gasteiger partial charge in [0.2, 0.25) is 0 Å². The van der Waals surface area contributed by atoms with Gasteiger partial charge in [-0.2, -0.15) is 0 Å². The van der Waals surface area contributed by atoms with Gasteiger partial charge in [0.05, 0.1) is 18.1 Å². The summed E-state index contributed by atoms with van der Waals surface area (Å²) in [6.45, 7) is 1.79. The molecule has 1 aliphatic rings. The van der Waals surface area contributed by atoms with Crippen molar-refractivity contribution in [1.82, 2.24) is 9.97 Å². The first-order valence-electron chi connectivity index (χ1n) is 5.20. The van der Waals surface area contributed by atoms with E-state index in [1.807, 2.05) is 24.5 Å². The van der Waals surface area contributed by atoms with Gasteiger partial charge in [-0.05, 0) is 23.3 Å². The van der Waals surface area contributed by atoms with Gasteiger partial charge in [-0.15, -0.1) is 0 Å². The summed E-state index contributed by atoms with van der Waals surface area (Å²) in [5.74, 6) is 0. The first-order valence-corrected chi connectivity index (χ1v) is 5.20. The maximum atomic E-state index is 5.77. The van der Waals surface area contributed by atoms with Crippen LogP contribution in [0.4, 0.5) is 11.4 Å². The molecule has 16 heavy (non-hydrogen) atoms. The van der Waals surface area contributed by atoms with Crippen LogP contribution in [-0.4, -0.2) is 9.97 Å². The van der Waals surface area contributed by atoms with Crippen LogP contribution in [0.3, 0.4) is 0 Å². The normalized spacial score (nSPS) is 13.9. The largest absolute Gasteiger partial charge is 0.399 e. The molecule has 2 heterocycles. The van der Waals surface area contributed by atoms with E-state index in [-0.39, 0.29) is 0 Å². The maximum absolute atomic E-state index is 5.77. The van der Waals surface area contributed by atoms with E-state index in [1.165, 1.54) is 11.1 Å². The Kier molecular flexibility index (Phi) is 1.99. The second-order valence-electron chi connectivity index (χ2n) is 3.98. The fourth-order valence-electron chi connectivity index (χ4n) is 2.05. The van der Waals surface area contributed by atoms with E-state index >= 15 is 0 Å². The average molecular weight is 212 g/mol. The molecule has 1 aromatic heterocycles. The minimum absolute atomic E-state index is 0.824. The molecule has 0 amide bonds. The summed E-state index contributed by atoms with van der Waals surface area (Å²) < 4.78 is 0. The molecule has 4 heteroatoms. The van der Waals surface area contributed by atoms with Gasteiger partial charge in [-0.1, -0.05) is 6.07 Å². The van der Waals surface area contributed by atoms with Gasteiger partial charge in [0.25, 0.3) is 0 Å². The van der Waals surface area contributed by atoms with E-state index in [2.05, 4.69) is 20.9 Å². The molecule has 0 saturated heterocycles. The van der Waals surface area contributed by atoms with Crippen molar-refractivity contribution in [1.29, 1.82) is 0 Å². The zero-order chi connectivity index (χ0) is 11.0. The van der Waals surface area contributed by atoms with Crippen LogP contribution in [-0.2, 0) is 13.1 Å². The van der Waals surface area contributed by atoms with Crippen molar-refractivity contribution >= 4 is 11.4 Å². The molecular weight excluding hydrogens is 200 g/mol. The first-order chi connectivity index (χ1) is 7.83. The van der Waals surface area contributed by atoms with Crippen LogP contribution >= 0.6 is 0 Å². The monoisotopic (exact) mass is 212 g/mol. The van der Waals surface area contributed by atoms with Gasteiger partial charge < -0.3 is 10.6 Å². The Hall–Kier alpha value is -2.10. The second-order valence-corrected chi connectivity index (χ2v) is 3.98. The van der Waals surface area contributed by atoms with Crippen LogP contribution in [0, 0.1) is 0 Å². The third kappa shape index (κ3) is 1.48. The van der Waals surface area contributed by atoms with Crippen molar-refractivity contribution in [3.05, 3.63) is 48.0 Å². The van der Waals surface area contributed by atoms with Gasteiger partial charge in [0.1, 0.15) is 6.33 Å². The van der Waals surface area contributed by atoms with Crippen LogP contribution in [0.15, 0.2) is 36.9 Å². The number of benzene rings is 1. The van der Waals surface area contributed by atoms with Gasteiger partial charge in [0, 0.05) is 18.8 Å². The summed E-state index contributed by atoms with van der Waals surface area (Å²) in [5, 5.41) is 0. The van der Waals surface area contributed by atoms with Gasteiger partial charge in [-0.3, -0.25) is 0 Å². The summed E-state index contributed by atoms with van der Waals surface area (Å²) >= 11 is 0. The SMILES string of the molecule is Nc1ccc2c(c1)CN(c1cncnc1)C2. The predicted molar refractivity (Wildman–Crippen MR) is 62.8 cm³/mol. The first kappa shape index (κ1) is 9.15. The van der Waals surface area contributed by atoms with Gasteiger partial charge in [0.15, 0.2) is 0 Å². The molecule has 2 aromatic rings. The van der Waals surface area contributed by atoms with E-state index in [9.17, 15) is 0 Å². The number of nitrogen functional groups attached to an aromatic ring is 1. The number of hydrogen-bond acceptors (Lipinski definition) is 4. The smallest absolute Gasteiger partial charge is 0.115 e. The maximum Gasteiger partial charge on any atom is 0.115 e. The molecule has 0 spiro atoms. The number of anilines is 2. The van der Waals surface area contributed by atoms with Crippen LogP contribution < -0.4 is 10.6 Å². The fraction of sp³-hybridized carbons (Fsp3) is 0.167. The number of aromatic nitrogens is 2. The van der Waals surface area contributed by atoms with Crippen molar-refractivity contribution in [3.63, 3.8) is 0 Å². The minimum Gasteiger partial charge on any atom is -0.399 e. The number of hydrogen-bond donors (Lipinski definition) is 1. The molecule has 3 rings (SSSR count). The molecule has 0 aliphatic carbocycles. The lowest BCUT2D eigenvalue weighted by atomic mass is 10.1. The van der Waals surface area contributed by atoms with Crippen LogP contribution in [0.25, 0.3) is 0 Å². The molecule has 0 fully saturated rings. The fourth-order valence-corrected chi connectivity index (χ4v) is 2.05. The van der Waals surface area contributed by atoms with Gasteiger partial charge >= 0.3 is 0 Å². The lowest BCUT2D eigenvalue weighted by Gasteiger charge is -2.15. The quantitative estimate of drug-likeness (QED) is 0.729. The van der Waals surface area contributed by atoms with Crippen LogP contribution in [0.2, 0.25) is 0 Å². The minimum atomic E-state index is 0.824. The summed E-state index contributed by atoms with van der Waals surface area (Å²) in [6.07, 6.45) is 5.22. The Morgan fingerprint density at radius 2 is 1.81 bits per heavy atom. The van der Waals surface area contributed by atoms with E-state index < -0.39 is 0 Å². The molecule has 1 aromatic carbocycles. The molecule has 80 valence electrons. The third-order valence-electron chi connectivity index (χ3n) is 2.86. The summed E-state index contributed by atoms with van der Waals surface area (Å²) in [6, 6.07) is 6.08. The highest BCUT2D eigenvalue weighted by Crippen LogP contribution is 2.28. The van der Waals surface area contributed by atoms with Crippen LogP contribution in [0.5, 0.6) is 0 Å². The highest BCUT2D eigenvalue weighted by Gasteiger charge is 2.19. The number of nitrogens with zero attached hydrogens (tertiary/aromatic N) is 3. The van der Waals surface area contributed by atoms with E-state index in [0.717, 1.165) is 24.5 Å². The summed E-state index contributed by atoms with van der Waals surface area (Å²) in [7, 11) is 0. The number of fused-ring (bicyclic) bond motifs is 1. The Bertz CT molecular complexity index is 510. The van der Waals surface area contributed by atoms with Crippen LogP contribution in [0.1, 0.15) is 11.1 Å². The number of nitrogens with two attached hydrogens (primary N) is 1. The molecule has 1 aliphatic heterocycles. The van der Waals surface area contributed by atoms with Crippen molar-refractivity contribution < 1.29 is 0 Å². The zero-order valence-corrected chi connectivity index (χ0v) is 8.80. The van der Waals surface area contributed by atoms with E-state index in [1.54, 1.807) is 6.33 Å². The van der Waals surface area contributed by atoms with Gasteiger partial charge in [-0.25, -0.2) is 9.97 Å². The third-order valence-corrected chi connectivity index (χ3v) is 2.86. The Morgan fingerprint density at radius 3 is 2.62 bits per heavy atom. The molecule has 0 radical (unpaired) electrons. The van der Waals surface area contributed by atoms with E-state index in [0.29, 0.717) is 0 Å². The molecule has 0 atom stereocenters. The van der Waals surface area contributed by atoms with Crippen molar-refractivity contribution in [2.75, 3.05) is 10.6 Å². The summed E-state index contributed by atoms with van der Waals surface area (Å²) in [5.41, 5.74) is 10.3. The van der Waals surface area contributed by atoms with Crippen molar-refractivity contribution in [2.45, 2.75) is 13.1 Å². The lowest BCUT2D eigenvalue weighted by Crippen LogP contribution is -2.14. The second kappa shape index (κ2) is 3.48. The lowest BCUT2D eigenvalue weighted by molar-refractivity contribution is 0.869. The van der Waals surface area contributed by atoms with Crippen molar-refractivity contribution in [3.8, 4) is 0 Å². The molecule has 2 N–H and O–H groups in total. The van der Waals surface area contributed by atoms with E-state index in [4.69, 9.17) is 5.73 Å². The zero-order valence-electron chi connectivity index (χ0n) is 8.80. The standard InChI is InChI=1S/C12H12N4/c13-11-2-1-9-6-16(7-10(9)3-11)12-4-14-8-15-5-12/h1-5,8H,6-7,13H2. The topological polar surface area (TPSA) is 55.0 Å². The average Bonchev–Trinajstić information content (AvgIpc) is 2.73. The highest BCUT2D eigenvalue weighted by atomic mass is 15.2. The molecular formula is C12H12N4. The van der Waals surface area contributed by atoms with Crippen molar-refractivity contribution in [2.24, 2.45) is 0 Å². The molecule has 0 unspecified atom stereocenters. The summed E-state index contributed by atoms with van der Waals surface area (Å²) in [4.78, 5) is 10.3. The predicted octanol–water partition coefficient (Wildman–Crippen LogP) is 1.58.